The Balaban J connectivity index is 3.01. The van der Waals surface area contributed by atoms with E-state index in [2.05, 4.69) is 10.3 Å². The maximum atomic E-state index is 12.6. The SMILES string of the molecule is CNC(Cc1nccn1C)C(C(F)(F)F)C(F)(F)F. The first kappa shape index (κ1) is 15.8. The van der Waals surface area contributed by atoms with Crippen molar-refractivity contribution in [3.8, 4) is 0 Å². The lowest BCUT2D eigenvalue weighted by Gasteiger charge is -2.30. The van der Waals surface area contributed by atoms with Crippen LogP contribution in [0.25, 0.3) is 0 Å². The van der Waals surface area contributed by atoms with E-state index in [0.717, 1.165) is 7.05 Å². The zero-order valence-electron chi connectivity index (χ0n) is 10.2. The monoisotopic (exact) mass is 289 g/mol. The number of hydrogen-bond acceptors (Lipinski definition) is 2. The second-order valence-corrected chi connectivity index (χ2v) is 4.11. The van der Waals surface area contributed by atoms with Crippen LogP contribution in [0.4, 0.5) is 26.3 Å². The van der Waals surface area contributed by atoms with E-state index in [1.165, 1.54) is 24.0 Å². The molecule has 0 aliphatic carbocycles. The lowest BCUT2D eigenvalue weighted by atomic mass is 9.95. The second kappa shape index (κ2) is 5.40. The molecule has 19 heavy (non-hydrogen) atoms. The Morgan fingerprint density at radius 2 is 1.74 bits per heavy atom. The van der Waals surface area contributed by atoms with E-state index >= 15 is 0 Å². The van der Waals surface area contributed by atoms with Gasteiger partial charge < -0.3 is 9.88 Å². The van der Waals surface area contributed by atoms with E-state index in [4.69, 9.17) is 0 Å². The van der Waals surface area contributed by atoms with Gasteiger partial charge in [0.1, 0.15) is 5.82 Å². The fourth-order valence-corrected chi connectivity index (χ4v) is 1.82. The maximum Gasteiger partial charge on any atom is 0.402 e. The number of nitrogens with one attached hydrogen (secondary N) is 1. The van der Waals surface area contributed by atoms with Crippen LogP contribution in [0.5, 0.6) is 0 Å². The number of aromatic nitrogens is 2. The summed E-state index contributed by atoms with van der Waals surface area (Å²) in [6, 6.07) is -1.82. The van der Waals surface area contributed by atoms with Gasteiger partial charge in [0.15, 0.2) is 5.92 Å². The van der Waals surface area contributed by atoms with Gasteiger partial charge in [0.2, 0.25) is 0 Å². The number of hydrogen-bond donors (Lipinski definition) is 1. The quantitative estimate of drug-likeness (QED) is 0.862. The smallest absolute Gasteiger partial charge is 0.338 e. The average Bonchev–Trinajstić information content (AvgIpc) is 2.59. The molecule has 0 saturated carbocycles. The summed E-state index contributed by atoms with van der Waals surface area (Å²) in [7, 11) is 2.57. The van der Waals surface area contributed by atoms with E-state index in [1.807, 2.05) is 0 Å². The molecule has 1 N–H and O–H groups in total. The van der Waals surface area contributed by atoms with E-state index in [0.29, 0.717) is 0 Å². The zero-order valence-corrected chi connectivity index (χ0v) is 10.2. The number of imidazole rings is 1. The molecule has 0 aromatic carbocycles. The molecule has 1 heterocycles. The van der Waals surface area contributed by atoms with Crippen molar-refractivity contribution in [3.05, 3.63) is 18.2 Å². The fraction of sp³-hybridized carbons (Fsp3) is 0.700. The minimum atomic E-state index is -5.36. The second-order valence-electron chi connectivity index (χ2n) is 4.11. The summed E-state index contributed by atoms with van der Waals surface area (Å²) in [4.78, 5) is 3.74. The Morgan fingerprint density at radius 3 is 2.05 bits per heavy atom. The van der Waals surface area contributed by atoms with E-state index in [9.17, 15) is 26.3 Å². The summed E-state index contributed by atoms with van der Waals surface area (Å²) in [6.07, 6.45) is -8.42. The number of rotatable bonds is 4. The molecule has 0 bridgehead atoms. The molecule has 0 amide bonds. The summed E-state index contributed by atoms with van der Waals surface area (Å²) in [6.45, 7) is 0. The number of aryl methyl sites for hydroxylation is 1. The van der Waals surface area contributed by atoms with Crippen LogP contribution in [-0.2, 0) is 13.5 Å². The summed E-state index contributed by atoms with van der Waals surface area (Å²) in [5.41, 5.74) is 0. The molecule has 0 fully saturated rings. The number of halogens is 6. The highest BCUT2D eigenvalue weighted by Gasteiger charge is 2.59. The molecule has 1 rings (SSSR count). The van der Waals surface area contributed by atoms with Gasteiger partial charge in [-0.05, 0) is 7.05 Å². The van der Waals surface area contributed by atoms with Crippen LogP contribution in [-0.4, -0.2) is 35.0 Å². The van der Waals surface area contributed by atoms with Crippen molar-refractivity contribution in [3.63, 3.8) is 0 Å². The predicted octanol–water partition coefficient (Wildman–Crippen LogP) is 2.29. The largest absolute Gasteiger partial charge is 0.402 e. The number of nitrogens with zero attached hydrogens (tertiary/aromatic N) is 2. The maximum absolute atomic E-state index is 12.6. The molecule has 1 aromatic heterocycles. The average molecular weight is 289 g/mol. The molecule has 9 heteroatoms. The molecule has 1 atom stereocenters. The highest BCUT2D eigenvalue weighted by molar-refractivity contribution is 4.98. The minimum absolute atomic E-state index is 0.151. The normalized spacial score (nSPS) is 15.0. The third kappa shape index (κ3) is 3.85. The van der Waals surface area contributed by atoms with E-state index < -0.39 is 30.7 Å². The Morgan fingerprint density at radius 1 is 1.21 bits per heavy atom. The van der Waals surface area contributed by atoms with Gasteiger partial charge in [0.25, 0.3) is 0 Å². The Bertz CT molecular complexity index is 394. The van der Waals surface area contributed by atoms with Gasteiger partial charge in [-0.15, -0.1) is 0 Å². The van der Waals surface area contributed by atoms with E-state index in [1.54, 1.807) is 0 Å². The van der Waals surface area contributed by atoms with Crippen molar-refractivity contribution in [2.45, 2.75) is 24.8 Å². The van der Waals surface area contributed by atoms with Crippen molar-refractivity contribution in [2.24, 2.45) is 13.0 Å². The van der Waals surface area contributed by atoms with Crippen LogP contribution >= 0.6 is 0 Å². The first-order valence-electron chi connectivity index (χ1n) is 5.34. The fourth-order valence-electron chi connectivity index (χ4n) is 1.82. The summed E-state index contributed by atoms with van der Waals surface area (Å²) >= 11 is 0. The van der Waals surface area contributed by atoms with Crippen molar-refractivity contribution in [2.75, 3.05) is 7.05 Å². The van der Waals surface area contributed by atoms with Crippen LogP contribution in [0.1, 0.15) is 5.82 Å². The minimum Gasteiger partial charge on any atom is -0.338 e. The third-order valence-electron chi connectivity index (χ3n) is 2.80. The molecule has 1 aromatic rings. The van der Waals surface area contributed by atoms with Gasteiger partial charge >= 0.3 is 12.4 Å². The predicted molar refractivity (Wildman–Crippen MR) is 55.4 cm³/mol. The van der Waals surface area contributed by atoms with Crippen LogP contribution in [0.2, 0.25) is 0 Å². The summed E-state index contributed by atoms with van der Waals surface area (Å²) in [5.74, 6) is -3.28. The molecule has 0 radical (unpaired) electrons. The molecule has 0 aliphatic rings. The van der Waals surface area contributed by atoms with Gasteiger partial charge in [-0.1, -0.05) is 0 Å². The third-order valence-corrected chi connectivity index (χ3v) is 2.80. The summed E-state index contributed by atoms with van der Waals surface area (Å²) in [5, 5.41) is 2.09. The Labute approximate surface area is 105 Å². The molecular formula is C10H13F6N3. The number of likely N-dealkylation sites (N-methyl/N-ethyl adjacent to an activating group) is 1. The topological polar surface area (TPSA) is 29.9 Å². The van der Waals surface area contributed by atoms with Crippen molar-refractivity contribution < 1.29 is 26.3 Å². The van der Waals surface area contributed by atoms with Crippen molar-refractivity contribution in [1.82, 2.24) is 14.9 Å². The lowest BCUT2D eigenvalue weighted by Crippen LogP contribution is -2.51. The van der Waals surface area contributed by atoms with Crippen LogP contribution in [0, 0.1) is 5.92 Å². The van der Waals surface area contributed by atoms with Gasteiger partial charge in [-0.3, -0.25) is 0 Å². The molecule has 0 saturated heterocycles. The first-order valence-corrected chi connectivity index (χ1v) is 5.34. The molecular weight excluding hydrogens is 276 g/mol. The Kier molecular flexibility index (Phi) is 4.49. The standard InChI is InChI=1S/C10H13F6N3/c1-17-6(5-7-18-3-4-19(7)2)8(9(11,12)13)10(14,15)16/h3-4,6,8,17H,5H2,1-2H3. The molecule has 0 aliphatic heterocycles. The van der Waals surface area contributed by atoms with E-state index in [-0.39, 0.29) is 5.82 Å². The highest BCUT2D eigenvalue weighted by atomic mass is 19.4. The van der Waals surface area contributed by atoms with Crippen LogP contribution in [0.3, 0.4) is 0 Å². The van der Waals surface area contributed by atoms with Gasteiger partial charge in [-0.2, -0.15) is 26.3 Å². The molecule has 0 spiro atoms. The first-order chi connectivity index (χ1) is 8.57. The van der Waals surface area contributed by atoms with Crippen LogP contribution in [0.15, 0.2) is 12.4 Å². The van der Waals surface area contributed by atoms with Gasteiger partial charge in [0, 0.05) is 31.9 Å². The van der Waals surface area contributed by atoms with Crippen molar-refractivity contribution >= 4 is 0 Å². The molecule has 3 nitrogen and oxygen atoms in total. The molecule has 110 valence electrons. The lowest BCUT2D eigenvalue weighted by molar-refractivity contribution is -0.291. The highest BCUT2D eigenvalue weighted by Crippen LogP contribution is 2.41. The number of alkyl halides is 6. The zero-order chi connectivity index (χ0) is 14.8. The summed E-state index contributed by atoms with van der Waals surface area (Å²) < 4.78 is 77.0. The Hall–Kier alpha value is -1.25. The van der Waals surface area contributed by atoms with Crippen molar-refractivity contribution in [1.29, 1.82) is 0 Å². The van der Waals surface area contributed by atoms with Gasteiger partial charge in [-0.25, -0.2) is 4.98 Å². The van der Waals surface area contributed by atoms with Crippen LogP contribution < -0.4 is 5.32 Å². The molecule has 1 unspecified atom stereocenters. The van der Waals surface area contributed by atoms with Gasteiger partial charge in [0.05, 0.1) is 0 Å².